The highest BCUT2D eigenvalue weighted by Gasteiger charge is 2.71. The number of halogens is 6. The Kier molecular flexibility index (Phi) is 3.11. The standard InChI is InChI=1S/C11H13F6O/c12-10(13,14)9(18,11(15,16)17)5-8-4-6-1-2-7(8)3-6/h1,6-8,18H,2-5H2. The largest absolute Gasteiger partial charge is 0.426 e. The molecule has 1 radical (unpaired) electrons. The van der Waals surface area contributed by atoms with Crippen LogP contribution >= 0.6 is 0 Å². The van der Waals surface area contributed by atoms with E-state index in [1.54, 1.807) is 0 Å². The molecule has 0 aromatic carbocycles. The summed E-state index contributed by atoms with van der Waals surface area (Å²) in [6.07, 6.45) is -9.17. The lowest BCUT2D eigenvalue weighted by Gasteiger charge is -2.36. The third kappa shape index (κ3) is 2.10. The van der Waals surface area contributed by atoms with Crippen molar-refractivity contribution in [2.24, 2.45) is 17.8 Å². The van der Waals surface area contributed by atoms with Gasteiger partial charge in [-0.05, 0) is 49.9 Å². The van der Waals surface area contributed by atoms with E-state index in [-0.39, 0.29) is 11.8 Å². The molecule has 3 atom stereocenters. The van der Waals surface area contributed by atoms with Crippen LogP contribution in [0.15, 0.2) is 0 Å². The van der Waals surface area contributed by atoms with Gasteiger partial charge >= 0.3 is 12.4 Å². The molecule has 2 saturated carbocycles. The molecular weight excluding hydrogens is 262 g/mol. The molecule has 0 amide bonds. The molecule has 1 nitrogen and oxygen atoms in total. The maximum atomic E-state index is 12.5. The summed E-state index contributed by atoms with van der Waals surface area (Å²) in [4.78, 5) is 0. The molecule has 7 heteroatoms. The summed E-state index contributed by atoms with van der Waals surface area (Å²) in [5.41, 5.74) is -4.57. The van der Waals surface area contributed by atoms with E-state index in [0.717, 1.165) is 0 Å². The molecule has 2 aliphatic carbocycles. The summed E-state index contributed by atoms with van der Waals surface area (Å²) in [6, 6.07) is 0. The summed E-state index contributed by atoms with van der Waals surface area (Å²) >= 11 is 0. The number of rotatable bonds is 2. The van der Waals surface area contributed by atoms with Crippen LogP contribution in [0.1, 0.15) is 25.7 Å². The third-order valence-electron chi connectivity index (χ3n) is 4.15. The van der Waals surface area contributed by atoms with Gasteiger partial charge in [0.15, 0.2) is 0 Å². The van der Waals surface area contributed by atoms with E-state index in [9.17, 15) is 26.3 Å². The average molecular weight is 275 g/mol. The third-order valence-corrected chi connectivity index (χ3v) is 4.15. The van der Waals surface area contributed by atoms with Gasteiger partial charge in [-0.25, -0.2) is 0 Å². The minimum Gasteiger partial charge on any atom is -0.374 e. The van der Waals surface area contributed by atoms with Crippen molar-refractivity contribution in [1.82, 2.24) is 0 Å². The van der Waals surface area contributed by atoms with Crippen molar-refractivity contribution < 1.29 is 31.4 Å². The molecule has 105 valence electrons. The number of alkyl halides is 6. The van der Waals surface area contributed by atoms with Crippen molar-refractivity contribution in [2.75, 3.05) is 0 Å². The molecule has 3 unspecified atom stereocenters. The molecule has 0 aromatic rings. The van der Waals surface area contributed by atoms with E-state index in [4.69, 9.17) is 5.11 Å². The van der Waals surface area contributed by atoms with Crippen molar-refractivity contribution in [3.05, 3.63) is 6.42 Å². The zero-order valence-corrected chi connectivity index (χ0v) is 9.35. The van der Waals surface area contributed by atoms with Gasteiger partial charge in [0.2, 0.25) is 0 Å². The molecule has 1 N–H and O–H groups in total. The van der Waals surface area contributed by atoms with E-state index < -0.39 is 30.3 Å². The highest BCUT2D eigenvalue weighted by atomic mass is 19.4. The van der Waals surface area contributed by atoms with Gasteiger partial charge in [0, 0.05) is 0 Å². The van der Waals surface area contributed by atoms with Gasteiger partial charge in [0.05, 0.1) is 0 Å². The van der Waals surface area contributed by atoms with Gasteiger partial charge in [-0.2, -0.15) is 26.3 Å². The fourth-order valence-corrected chi connectivity index (χ4v) is 3.13. The summed E-state index contributed by atoms with van der Waals surface area (Å²) in [6.45, 7) is 0. The summed E-state index contributed by atoms with van der Waals surface area (Å²) in [5.74, 6) is -0.731. The van der Waals surface area contributed by atoms with E-state index in [1.807, 2.05) is 6.42 Å². The molecule has 2 fully saturated rings. The first-order valence-electron chi connectivity index (χ1n) is 5.74. The Balaban J connectivity index is 2.17. The number of hydrogen-bond donors (Lipinski definition) is 1. The lowest BCUT2D eigenvalue weighted by atomic mass is 9.79. The zero-order valence-electron chi connectivity index (χ0n) is 9.35. The Hall–Kier alpha value is -0.460. The maximum Gasteiger partial charge on any atom is 0.426 e. The first-order chi connectivity index (χ1) is 8.04. The molecule has 18 heavy (non-hydrogen) atoms. The van der Waals surface area contributed by atoms with E-state index in [1.165, 1.54) is 0 Å². The predicted molar refractivity (Wildman–Crippen MR) is 50.3 cm³/mol. The van der Waals surface area contributed by atoms with Gasteiger partial charge in [-0.15, -0.1) is 0 Å². The van der Waals surface area contributed by atoms with Crippen LogP contribution in [-0.4, -0.2) is 23.1 Å². The van der Waals surface area contributed by atoms with Gasteiger partial charge in [-0.3, -0.25) is 0 Å². The predicted octanol–water partition coefficient (Wildman–Crippen LogP) is 3.48. The first-order valence-corrected chi connectivity index (χ1v) is 5.74. The van der Waals surface area contributed by atoms with Crippen LogP contribution in [0.2, 0.25) is 0 Å². The summed E-state index contributed by atoms with van der Waals surface area (Å²) < 4.78 is 75.1. The van der Waals surface area contributed by atoms with Crippen molar-refractivity contribution in [2.45, 2.75) is 43.6 Å². The first kappa shape index (κ1) is 14.0. The highest BCUT2D eigenvalue weighted by Crippen LogP contribution is 2.54. The average Bonchev–Trinajstić information content (AvgIpc) is 2.75. The molecule has 2 bridgehead atoms. The smallest absolute Gasteiger partial charge is 0.374 e. The van der Waals surface area contributed by atoms with Crippen LogP contribution in [0.5, 0.6) is 0 Å². The Morgan fingerprint density at radius 2 is 1.56 bits per heavy atom. The summed E-state index contributed by atoms with van der Waals surface area (Å²) in [7, 11) is 0. The SMILES string of the molecule is OC(CC1CC2[CH]CC1C2)(C(F)(F)F)C(F)(F)F. The van der Waals surface area contributed by atoms with Crippen LogP contribution in [-0.2, 0) is 0 Å². The lowest BCUT2D eigenvalue weighted by molar-refractivity contribution is -0.373. The molecule has 0 aliphatic heterocycles. The molecule has 0 heterocycles. The second-order valence-electron chi connectivity index (χ2n) is 5.28. The molecule has 2 rings (SSSR count). The second kappa shape index (κ2) is 4.02. The zero-order chi connectivity index (χ0) is 13.8. The van der Waals surface area contributed by atoms with Crippen LogP contribution < -0.4 is 0 Å². The lowest BCUT2D eigenvalue weighted by Crippen LogP contribution is -2.58. The van der Waals surface area contributed by atoms with Crippen LogP contribution in [0.4, 0.5) is 26.3 Å². The van der Waals surface area contributed by atoms with Gasteiger partial charge in [0.25, 0.3) is 5.60 Å². The molecule has 0 aromatic heterocycles. The summed E-state index contributed by atoms with van der Waals surface area (Å²) in [5, 5.41) is 9.11. The van der Waals surface area contributed by atoms with Crippen LogP contribution in [0.25, 0.3) is 0 Å². The van der Waals surface area contributed by atoms with Crippen molar-refractivity contribution >= 4 is 0 Å². The Labute approximate surface area is 100 Å². The monoisotopic (exact) mass is 275 g/mol. The van der Waals surface area contributed by atoms with Gasteiger partial charge in [-0.1, -0.05) is 0 Å². The highest BCUT2D eigenvalue weighted by molar-refractivity contribution is 5.04. The Morgan fingerprint density at radius 1 is 1.00 bits per heavy atom. The number of hydrogen-bond acceptors (Lipinski definition) is 1. The fraction of sp³-hybridized carbons (Fsp3) is 0.909. The molecule has 2 aliphatic rings. The van der Waals surface area contributed by atoms with Gasteiger partial charge in [0.1, 0.15) is 0 Å². The Bertz CT molecular complexity index is 306. The minimum atomic E-state index is -5.68. The van der Waals surface area contributed by atoms with Crippen LogP contribution in [0.3, 0.4) is 0 Å². The van der Waals surface area contributed by atoms with Crippen molar-refractivity contribution in [3.63, 3.8) is 0 Å². The number of aliphatic hydroxyl groups is 1. The quantitative estimate of drug-likeness (QED) is 0.765. The maximum absolute atomic E-state index is 12.5. The number of fused-ring (bicyclic) bond motifs is 2. The van der Waals surface area contributed by atoms with Crippen molar-refractivity contribution in [3.8, 4) is 0 Å². The Morgan fingerprint density at radius 3 is 1.89 bits per heavy atom. The van der Waals surface area contributed by atoms with Crippen LogP contribution in [0, 0.1) is 24.2 Å². The fourth-order valence-electron chi connectivity index (χ4n) is 3.13. The van der Waals surface area contributed by atoms with E-state index in [2.05, 4.69) is 0 Å². The normalized spacial score (nSPS) is 33.2. The second-order valence-corrected chi connectivity index (χ2v) is 5.28. The molecular formula is C11H13F6O. The van der Waals surface area contributed by atoms with Crippen molar-refractivity contribution in [1.29, 1.82) is 0 Å². The molecule has 0 saturated heterocycles. The van der Waals surface area contributed by atoms with E-state index >= 15 is 0 Å². The topological polar surface area (TPSA) is 20.2 Å². The minimum absolute atomic E-state index is 0.116. The van der Waals surface area contributed by atoms with E-state index in [0.29, 0.717) is 19.3 Å². The van der Waals surface area contributed by atoms with Gasteiger partial charge < -0.3 is 5.11 Å². The molecule has 0 spiro atoms.